The lowest BCUT2D eigenvalue weighted by atomic mass is 10.1. The van der Waals surface area contributed by atoms with Crippen molar-refractivity contribution in [2.75, 3.05) is 46.2 Å². The van der Waals surface area contributed by atoms with E-state index in [-0.39, 0.29) is 44.5 Å². The summed E-state index contributed by atoms with van der Waals surface area (Å²) in [6.07, 6.45) is -0.984. The van der Waals surface area contributed by atoms with Gasteiger partial charge in [-0.05, 0) is 12.8 Å². The van der Waals surface area contributed by atoms with E-state index in [4.69, 9.17) is 23.5 Å². The second-order valence-corrected chi connectivity index (χ2v) is 7.34. The van der Waals surface area contributed by atoms with E-state index in [0.717, 1.165) is 6.42 Å². The molecule has 0 fully saturated rings. The van der Waals surface area contributed by atoms with Crippen molar-refractivity contribution in [1.82, 2.24) is 5.32 Å². The molecule has 2 N–H and O–H groups in total. The van der Waals surface area contributed by atoms with E-state index in [1.54, 1.807) is 0 Å². The first-order valence-corrected chi connectivity index (χ1v) is 10.5. The minimum Gasteiger partial charge on any atom is -0.460 e. The summed E-state index contributed by atoms with van der Waals surface area (Å²) in [5, 5.41) is 2.41. The molecule has 2 atom stereocenters. The van der Waals surface area contributed by atoms with Gasteiger partial charge in [0, 0.05) is 18.7 Å². The zero-order chi connectivity index (χ0) is 22.3. The third-order valence-corrected chi connectivity index (χ3v) is 3.84. The quantitative estimate of drug-likeness (QED) is 0.154. The normalized spacial score (nSPS) is 13.4. The Morgan fingerprint density at radius 3 is 2.38 bits per heavy atom. The van der Waals surface area contributed by atoms with Gasteiger partial charge in [0.2, 0.25) is 0 Å². The number of hydrogen-bond acceptors (Lipinski definition) is 9. The predicted molar refractivity (Wildman–Crippen MR) is 103 cm³/mol. The predicted octanol–water partition coefficient (Wildman–Crippen LogP) is 1.10. The highest BCUT2D eigenvalue weighted by Gasteiger charge is 2.19. The topological polar surface area (TPSA) is 147 Å². The third-order valence-electron chi connectivity index (χ3n) is 3.40. The van der Waals surface area contributed by atoms with Crippen LogP contribution >= 0.6 is 0 Å². The van der Waals surface area contributed by atoms with Crippen LogP contribution in [-0.4, -0.2) is 77.3 Å². The van der Waals surface area contributed by atoms with Crippen LogP contribution in [0.1, 0.15) is 27.2 Å². The molecule has 0 aliphatic rings. The van der Waals surface area contributed by atoms with E-state index >= 15 is 0 Å². The van der Waals surface area contributed by atoms with Crippen molar-refractivity contribution in [3.8, 4) is 0 Å². The fourth-order valence-electron chi connectivity index (χ4n) is 1.63. The van der Waals surface area contributed by atoms with Crippen LogP contribution in [0, 0.1) is 5.92 Å². The summed E-state index contributed by atoms with van der Waals surface area (Å²) in [5.41, 5.74) is 0.287. The Bertz CT molecular complexity index is 607. The molecule has 0 spiro atoms. The Morgan fingerprint density at radius 2 is 1.79 bits per heavy atom. The molecule has 0 aliphatic heterocycles. The van der Waals surface area contributed by atoms with E-state index in [2.05, 4.69) is 16.1 Å². The van der Waals surface area contributed by atoms with Crippen molar-refractivity contribution >= 4 is 22.5 Å². The highest BCUT2D eigenvalue weighted by molar-refractivity contribution is 7.80. The summed E-state index contributed by atoms with van der Waals surface area (Å²) < 4.78 is 54.8. The van der Waals surface area contributed by atoms with Crippen LogP contribution < -0.4 is 5.32 Å². The molecule has 11 nitrogen and oxygen atoms in total. The molecule has 0 aliphatic carbocycles. The van der Waals surface area contributed by atoms with Crippen LogP contribution in [0.5, 0.6) is 0 Å². The van der Waals surface area contributed by atoms with Gasteiger partial charge in [0.1, 0.15) is 13.2 Å². The molecular formula is C17H31NO10S. The largest absolute Gasteiger partial charge is 0.460 e. The maximum atomic E-state index is 11.8. The lowest BCUT2D eigenvalue weighted by Gasteiger charge is -2.18. The van der Waals surface area contributed by atoms with E-state index in [1.807, 2.05) is 13.8 Å². The van der Waals surface area contributed by atoms with Crippen LogP contribution in [-0.2, 0) is 38.3 Å². The van der Waals surface area contributed by atoms with E-state index < -0.39 is 35.2 Å². The number of alkyl carbamates (subject to hydrolysis) is 1. The van der Waals surface area contributed by atoms with Gasteiger partial charge in [0.15, 0.2) is 6.10 Å². The zero-order valence-corrected chi connectivity index (χ0v) is 17.9. The van der Waals surface area contributed by atoms with Gasteiger partial charge in [0.05, 0.1) is 19.8 Å². The average Bonchev–Trinajstić information content (AvgIpc) is 2.63. The second kappa shape index (κ2) is 15.2. The Balaban J connectivity index is 4.13. The maximum Gasteiger partial charge on any atom is 0.407 e. The maximum absolute atomic E-state index is 11.8. The Morgan fingerprint density at radius 1 is 1.10 bits per heavy atom. The van der Waals surface area contributed by atoms with Crippen LogP contribution in [0.2, 0.25) is 0 Å². The molecule has 0 heterocycles. The fourth-order valence-corrected chi connectivity index (χ4v) is 1.96. The minimum absolute atomic E-state index is 0.0543. The standard InChI is InChI=1S/C17H31NO10S/c1-5-14(4)10-25-11-15(12-27-29(21,22)23)28-17(20)18-6-7-24-8-9-26-16(19)13(2)3/h14-15H,2,5-12H2,1,3-4H3,(H,18,20)(H,21,22,23). The molecule has 170 valence electrons. The van der Waals surface area contributed by atoms with Crippen molar-refractivity contribution in [3.63, 3.8) is 0 Å². The Labute approximate surface area is 171 Å². The molecule has 12 heteroatoms. The molecular weight excluding hydrogens is 410 g/mol. The lowest BCUT2D eigenvalue weighted by molar-refractivity contribution is -0.140. The van der Waals surface area contributed by atoms with E-state index in [1.165, 1.54) is 6.92 Å². The average molecular weight is 441 g/mol. The van der Waals surface area contributed by atoms with Gasteiger partial charge in [-0.2, -0.15) is 8.42 Å². The fraction of sp³-hybridized carbons (Fsp3) is 0.765. The summed E-state index contributed by atoms with van der Waals surface area (Å²) in [4.78, 5) is 22.9. The smallest absolute Gasteiger partial charge is 0.407 e. The highest BCUT2D eigenvalue weighted by Crippen LogP contribution is 2.04. The van der Waals surface area contributed by atoms with Gasteiger partial charge in [-0.3, -0.25) is 4.55 Å². The second-order valence-electron chi connectivity index (χ2n) is 6.25. The molecule has 0 bridgehead atoms. The Hall–Kier alpha value is -1.73. The van der Waals surface area contributed by atoms with Crippen molar-refractivity contribution in [2.24, 2.45) is 5.92 Å². The van der Waals surface area contributed by atoms with Gasteiger partial charge in [-0.1, -0.05) is 26.8 Å². The van der Waals surface area contributed by atoms with Crippen LogP contribution in [0.4, 0.5) is 4.79 Å². The van der Waals surface area contributed by atoms with Crippen LogP contribution in [0.25, 0.3) is 0 Å². The number of amides is 1. The van der Waals surface area contributed by atoms with Gasteiger partial charge in [-0.25, -0.2) is 13.8 Å². The zero-order valence-electron chi connectivity index (χ0n) is 17.0. The molecule has 29 heavy (non-hydrogen) atoms. The number of ether oxygens (including phenoxy) is 4. The van der Waals surface area contributed by atoms with Gasteiger partial charge in [-0.15, -0.1) is 0 Å². The summed E-state index contributed by atoms with van der Waals surface area (Å²) in [5.74, 6) is -0.234. The first-order chi connectivity index (χ1) is 13.5. The molecule has 0 radical (unpaired) electrons. The molecule has 0 aromatic rings. The first-order valence-electron chi connectivity index (χ1n) is 9.09. The molecule has 0 saturated heterocycles. The highest BCUT2D eigenvalue weighted by atomic mass is 32.3. The SMILES string of the molecule is C=C(C)C(=O)OCCOCCNC(=O)OC(COCC(C)CC)COS(=O)(=O)O. The molecule has 0 aromatic carbocycles. The van der Waals surface area contributed by atoms with Crippen molar-refractivity contribution in [3.05, 3.63) is 12.2 Å². The molecule has 2 unspecified atom stereocenters. The molecule has 0 rings (SSSR count). The summed E-state index contributed by atoms with van der Waals surface area (Å²) in [7, 11) is -4.67. The van der Waals surface area contributed by atoms with Crippen LogP contribution in [0.3, 0.4) is 0 Å². The lowest BCUT2D eigenvalue weighted by Crippen LogP contribution is -2.36. The van der Waals surface area contributed by atoms with Crippen LogP contribution in [0.15, 0.2) is 12.2 Å². The summed E-state index contributed by atoms with van der Waals surface area (Å²) >= 11 is 0. The Kier molecular flexibility index (Phi) is 14.3. The summed E-state index contributed by atoms with van der Waals surface area (Å²) in [6, 6.07) is 0. The van der Waals surface area contributed by atoms with Crippen molar-refractivity contribution in [2.45, 2.75) is 33.3 Å². The number of hydrogen-bond donors (Lipinski definition) is 2. The van der Waals surface area contributed by atoms with E-state index in [9.17, 15) is 18.0 Å². The number of carbonyl (C=O) groups is 2. The molecule has 0 saturated carbocycles. The third kappa shape index (κ3) is 16.9. The summed E-state index contributed by atoms with van der Waals surface area (Å²) in [6.45, 7) is 9.08. The van der Waals surface area contributed by atoms with Gasteiger partial charge in [0.25, 0.3) is 0 Å². The number of nitrogens with one attached hydrogen (secondary N) is 1. The van der Waals surface area contributed by atoms with Gasteiger partial charge < -0.3 is 24.3 Å². The number of rotatable bonds is 16. The molecule has 0 aromatic heterocycles. The van der Waals surface area contributed by atoms with Gasteiger partial charge >= 0.3 is 22.5 Å². The first kappa shape index (κ1) is 27.3. The number of carbonyl (C=O) groups excluding carboxylic acids is 2. The monoisotopic (exact) mass is 441 g/mol. The van der Waals surface area contributed by atoms with Crippen molar-refractivity contribution < 1.29 is 45.7 Å². The number of esters is 1. The van der Waals surface area contributed by atoms with E-state index in [0.29, 0.717) is 6.61 Å². The molecule has 1 amide bonds. The minimum atomic E-state index is -4.67. The van der Waals surface area contributed by atoms with Crippen molar-refractivity contribution in [1.29, 1.82) is 0 Å².